The summed E-state index contributed by atoms with van der Waals surface area (Å²) in [5.74, 6) is 0.859. The zero-order valence-corrected chi connectivity index (χ0v) is 11.1. The Hall–Kier alpha value is -0.880. The van der Waals surface area contributed by atoms with E-state index < -0.39 is 6.36 Å². The highest BCUT2D eigenvalue weighted by molar-refractivity contribution is 8.00. The van der Waals surface area contributed by atoms with Gasteiger partial charge >= 0.3 is 6.36 Å². The van der Waals surface area contributed by atoms with Crippen molar-refractivity contribution in [1.29, 1.82) is 0 Å². The average Bonchev–Trinajstić information content (AvgIpc) is 2.37. The van der Waals surface area contributed by atoms with Crippen molar-refractivity contribution in [1.82, 2.24) is 0 Å². The smallest absolute Gasteiger partial charge is 0.406 e. The average molecular weight is 291 g/mol. The molecule has 1 aliphatic heterocycles. The van der Waals surface area contributed by atoms with Crippen LogP contribution >= 0.6 is 11.8 Å². The Balaban J connectivity index is 2.09. The predicted octanol–water partition coefficient (Wildman–Crippen LogP) is 3.87. The molecule has 2 nitrogen and oxygen atoms in total. The van der Waals surface area contributed by atoms with Gasteiger partial charge in [-0.15, -0.1) is 13.2 Å². The SMILES string of the molecule is NC(c1cccc(OC(F)(F)F)c1)C1CCCCS1. The molecule has 0 saturated carbocycles. The first-order chi connectivity index (χ1) is 8.96. The molecule has 1 aromatic rings. The number of hydrogen-bond donors (Lipinski definition) is 1. The van der Waals surface area contributed by atoms with Crippen LogP contribution in [0.5, 0.6) is 5.75 Å². The Labute approximate surface area is 114 Å². The molecule has 106 valence electrons. The quantitative estimate of drug-likeness (QED) is 0.918. The molecule has 1 aliphatic rings. The van der Waals surface area contributed by atoms with Crippen LogP contribution in [-0.2, 0) is 0 Å². The van der Waals surface area contributed by atoms with Gasteiger partial charge < -0.3 is 10.5 Å². The molecule has 1 saturated heterocycles. The lowest BCUT2D eigenvalue weighted by Gasteiger charge is -2.27. The van der Waals surface area contributed by atoms with E-state index in [1.54, 1.807) is 23.9 Å². The summed E-state index contributed by atoms with van der Waals surface area (Å²) >= 11 is 1.80. The summed E-state index contributed by atoms with van der Waals surface area (Å²) in [7, 11) is 0. The molecule has 19 heavy (non-hydrogen) atoms. The monoisotopic (exact) mass is 291 g/mol. The van der Waals surface area contributed by atoms with Crippen molar-refractivity contribution >= 4 is 11.8 Å². The maximum absolute atomic E-state index is 12.2. The second kappa shape index (κ2) is 6.05. The molecular formula is C13H16F3NOS. The van der Waals surface area contributed by atoms with Crippen molar-refractivity contribution in [3.8, 4) is 5.75 Å². The number of ether oxygens (including phenoxy) is 1. The van der Waals surface area contributed by atoms with Crippen LogP contribution in [0.4, 0.5) is 13.2 Å². The fourth-order valence-corrected chi connectivity index (χ4v) is 3.55. The van der Waals surface area contributed by atoms with Gasteiger partial charge in [0.05, 0.1) is 0 Å². The van der Waals surface area contributed by atoms with Crippen LogP contribution in [0.1, 0.15) is 30.9 Å². The molecular weight excluding hydrogens is 275 g/mol. The molecule has 0 radical (unpaired) electrons. The van der Waals surface area contributed by atoms with Gasteiger partial charge in [0.15, 0.2) is 0 Å². The summed E-state index contributed by atoms with van der Waals surface area (Å²) in [6.45, 7) is 0. The number of halogens is 3. The van der Waals surface area contributed by atoms with Gasteiger partial charge in [0.2, 0.25) is 0 Å². The third kappa shape index (κ3) is 4.31. The highest BCUT2D eigenvalue weighted by atomic mass is 32.2. The van der Waals surface area contributed by atoms with Crippen molar-refractivity contribution in [2.45, 2.75) is 36.9 Å². The lowest BCUT2D eigenvalue weighted by atomic mass is 10.0. The van der Waals surface area contributed by atoms with Crippen LogP contribution in [0.2, 0.25) is 0 Å². The zero-order chi connectivity index (χ0) is 13.9. The second-order valence-electron chi connectivity index (χ2n) is 4.55. The number of rotatable bonds is 3. The molecule has 0 spiro atoms. The molecule has 0 aliphatic carbocycles. The third-order valence-corrected chi connectivity index (χ3v) is 4.57. The van der Waals surface area contributed by atoms with E-state index in [0.29, 0.717) is 5.56 Å². The summed E-state index contributed by atoms with van der Waals surface area (Å²) in [4.78, 5) is 0. The maximum Gasteiger partial charge on any atom is 0.573 e. The Kier molecular flexibility index (Phi) is 4.62. The molecule has 1 fully saturated rings. The molecule has 0 aromatic heterocycles. The number of alkyl halides is 3. The number of nitrogens with two attached hydrogens (primary N) is 1. The minimum Gasteiger partial charge on any atom is -0.406 e. The fraction of sp³-hybridized carbons (Fsp3) is 0.538. The van der Waals surface area contributed by atoms with Crippen LogP contribution in [-0.4, -0.2) is 17.4 Å². The molecule has 0 bridgehead atoms. The minimum atomic E-state index is -4.66. The number of benzene rings is 1. The summed E-state index contributed by atoms with van der Waals surface area (Å²) in [5.41, 5.74) is 6.84. The van der Waals surface area contributed by atoms with Crippen LogP contribution < -0.4 is 10.5 Å². The molecule has 0 amide bonds. The summed E-state index contributed by atoms with van der Waals surface area (Å²) in [6.07, 6.45) is -1.34. The Morgan fingerprint density at radius 3 is 2.74 bits per heavy atom. The first-order valence-electron chi connectivity index (χ1n) is 6.18. The topological polar surface area (TPSA) is 35.2 Å². The van der Waals surface area contributed by atoms with E-state index in [0.717, 1.165) is 18.6 Å². The first-order valence-corrected chi connectivity index (χ1v) is 7.23. The van der Waals surface area contributed by atoms with Gasteiger partial charge in [-0.05, 0) is 36.3 Å². The van der Waals surface area contributed by atoms with Gasteiger partial charge in [-0.25, -0.2) is 0 Å². The summed E-state index contributed by atoms with van der Waals surface area (Å²) in [6, 6.07) is 5.72. The zero-order valence-electron chi connectivity index (χ0n) is 10.3. The lowest BCUT2D eigenvalue weighted by Crippen LogP contribution is -2.26. The first kappa shape index (κ1) is 14.5. The highest BCUT2D eigenvalue weighted by Gasteiger charge is 2.31. The molecule has 2 atom stereocenters. The van der Waals surface area contributed by atoms with Crippen LogP contribution in [0.3, 0.4) is 0 Å². The second-order valence-corrected chi connectivity index (χ2v) is 5.90. The van der Waals surface area contributed by atoms with E-state index in [1.165, 1.54) is 18.6 Å². The van der Waals surface area contributed by atoms with Crippen LogP contribution in [0.15, 0.2) is 24.3 Å². The van der Waals surface area contributed by atoms with Gasteiger partial charge in [0.25, 0.3) is 0 Å². The van der Waals surface area contributed by atoms with Crippen LogP contribution in [0.25, 0.3) is 0 Å². The van der Waals surface area contributed by atoms with E-state index in [-0.39, 0.29) is 17.0 Å². The Morgan fingerprint density at radius 2 is 2.11 bits per heavy atom. The van der Waals surface area contributed by atoms with E-state index in [2.05, 4.69) is 4.74 Å². The van der Waals surface area contributed by atoms with Gasteiger partial charge in [-0.1, -0.05) is 18.6 Å². The van der Waals surface area contributed by atoms with Crippen molar-refractivity contribution < 1.29 is 17.9 Å². The largest absolute Gasteiger partial charge is 0.573 e. The molecule has 1 heterocycles. The minimum absolute atomic E-state index is 0.207. The number of hydrogen-bond acceptors (Lipinski definition) is 3. The fourth-order valence-electron chi connectivity index (χ4n) is 2.18. The number of thioether (sulfide) groups is 1. The predicted molar refractivity (Wildman–Crippen MR) is 70.2 cm³/mol. The van der Waals surface area contributed by atoms with E-state index in [1.807, 2.05) is 0 Å². The summed E-state index contributed by atoms with van der Waals surface area (Å²) in [5, 5.41) is 0.273. The summed E-state index contributed by atoms with van der Waals surface area (Å²) < 4.78 is 40.4. The maximum atomic E-state index is 12.2. The van der Waals surface area contributed by atoms with Gasteiger partial charge in [0, 0.05) is 11.3 Å². The van der Waals surface area contributed by atoms with Gasteiger partial charge in [0.1, 0.15) is 5.75 Å². The van der Waals surface area contributed by atoms with Gasteiger partial charge in [-0.2, -0.15) is 11.8 Å². The van der Waals surface area contributed by atoms with Gasteiger partial charge in [-0.3, -0.25) is 0 Å². The van der Waals surface area contributed by atoms with E-state index >= 15 is 0 Å². The van der Waals surface area contributed by atoms with Crippen molar-refractivity contribution in [2.75, 3.05) is 5.75 Å². The van der Waals surface area contributed by atoms with E-state index in [4.69, 9.17) is 5.73 Å². The Bertz CT molecular complexity index is 419. The molecule has 2 rings (SSSR count). The van der Waals surface area contributed by atoms with Crippen molar-refractivity contribution in [2.24, 2.45) is 5.73 Å². The standard InChI is InChI=1S/C13H16F3NOS/c14-13(15,16)18-10-5-3-4-9(8-10)12(17)11-6-1-2-7-19-11/h3-5,8,11-12H,1-2,6-7,17H2. The lowest BCUT2D eigenvalue weighted by molar-refractivity contribution is -0.274. The normalized spacial score (nSPS) is 22.0. The highest BCUT2D eigenvalue weighted by Crippen LogP contribution is 2.34. The van der Waals surface area contributed by atoms with Crippen molar-refractivity contribution in [3.05, 3.63) is 29.8 Å². The molecule has 2 unspecified atom stereocenters. The Morgan fingerprint density at radius 1 is 1.32 bits per heavy atom. The third-order valence-electron chi connectivity index (χ3n) is 3.09. The van der Waals surface area contributed by atoms with Crippen molar-refractivity contribution in [3.63, 3.8) is 0 Å². The molecule has 6 heteroatoms. The molecule has 2 N–H and O–H groups in total. The van der Waals surface area contributed by atoms with Crippen LogP contribution in [0, 0.1) is 0 Å². The molecule has 1 aromatic carbocycles. The van der Waals surface area contributed by atoms with E-state index in [9.17, 15) is 13.2 Å².